The lowest BCUT2D eigenvalue weighted by molar-refractivity contribution is -0.0518. The molecule has 0 unspecified atom stereocenters. The molecule has 0 radical (unpaired) electrons. The van der Waals surface area contributed by atoms with Gasteiger partial charge in [0.25, 0.3) is 0 Å². The predicted molar refractivity (Wildman–Crippen MR) is 99.5 cm³/mol. The largest absolute Gasteiger partial charge is 0.393 e. The summed E-state index contributed by atoms with van der Waals surface area (Å²) >= 11 is 0. The molecule has 0 aromatic heterocycles. The number of aliphatic hydroxyl groups is 1. The van der Waals surface area contributed by atoms with Crippen molar-refractivity contribution in [2.24, 2.45) is 34.3 Å². The molecule has 3 saturated carbocycles. The van der Waals surface area contributed by atoms with Crippen molar-refractivity contribution in [2.45, 2.75) is 96.6 Å². The van der Waals surface area contributed by atoms with Crippen molar-refractivity contribution in [1.82, 2.24) is 0 Å². The molecule has 136 valence electrons. The Morgan fingerprint density at radius 1 is 1.17 bits per heavy atom. The van der Waals surface area contributed by atoms with E-state index in [1.165, 1.54) is 57.8 Å². The summed E-state index contributed by atoms with van der Waals surface area (Å²) in [6.45, 7) is 4.84. The average molecular weight is 332 g/mol. The lowest BCUT2D eigenvalue weighted by Crippen LogP contribution is -2.53. The molecule has 0 spiro atoms. The highest BCUT2D eigenvalue weighted by Gasteiger charge is 2.59. The van der Waals surface area contributed by atoms with Crippen LogP contribution in [0.4, 0.5) is 0 Å². The van der Waals surface area contributed by atoms with E-state index in [1.807, 2.05) is 0 Å². The maximum absolute atomic E-state index is 10.1. The number of rotatable bonds is 3. The fourth-order valence-corrected chi connectivity index (χ4v) is 7.49. The average Bonchev–Trinajstić information content (AvgIpc) is 2.91. The second-order valence-corrected chi connectivity index (χ2v) is 9.72. The van der Waals surface area contributed by atoms with Crippen LogP contribution < -0.4 is 5.73 Å². The zero-order chi connectivity index (χ0) is 16.9. The van der Waals surface area contributed by atoms with Gasteiger partial charge < -0.3 is 10.8 Å². The molecule has 0 aromatic rings. The number of aliphatic hydroxyl groups excluding tert-OH is 1. The highest BCUT2D eigenvalue weighted by Crippen LogP contribution is 2.65. The van der Waals surface area contributed by atoms with E-state index in [0.717, 1.165) is 30.6 Å². The topological polar surface area (TPSA) is 46.2 Å². The van der Waals surface area contributed by atoms with E-state index in [4.69, 9.17) is 5.73 Å². The molecule has 4 rings (SSSR count). The molecule has 0 bridgehead atoms. The van der Waals surface area contributed by atoms with Crippen LogP contribution in [0.5, 0.6) is 0 Å². The molecule has 0 amide bonds. The van der Waals surface area contributed by atoms with Crippen molar-refractivity contribution in [3.05, 3.63) is 11.6 Å². The van der Waals surface area contributed by atoms with Gasteiger partial charge in [0.2, 0.25) is 0 Å². The van der Waals surface area contributed by atoms with E-state index in [-0.39, 0.29) is 6.10 Å². The third-order valence-electron chi connectivity index (χ3n) is 8.86. The van der Waals surface area contributed by atoms with Crippen molar-refractivity contribution in [3.63, 3.8) is 0 Å². The monoisotopic (exact) mass is 331 g/mol. The number of nitrogens with two attached hydrogens (primary N) is 1. The van der Waals surface area contributed by atoms with Gasteiger partial charge in [0.05, 0.1) is 6.10 Å². The van der Waals surface area contributed by atoms with Crippen LogP contribution in [0.3, 0.4) is 0 Å². The van der Waals surface area contributed by atoms with Crippen molar-refractivity contribution in [3.8, 4) is 0 Å². The van der Waals surface area contributed by atoms with Crippen molar-refractivity contribution in [1.29, 1.82) is 0 Å². The van der Waals surface area contributed by atoms with Gasteiger partial charge in [-0.1, -0.05) is 38.3 Å². The van der Waals surface area contributed by atoms with Crippen LogP contribution in [0.1, 0.15) is 84.5 Å². The molecule has 3 N–H and O–H groups in total. The van der Waals surface area contributed by atoms with Crippen molar-refractivity contribution >= 4 is 0 Å². The number of allylic oxidation sites excluding steroid dienone is 1. The summed E-state index contributed by atoms with van der Waals surface area (Å²) in [4.78, 5) is 0. The molecule has 7 atom stereocenters. The number of unbranched alkanes of at least 4 members (excludes halogenated alkanes) is 1. The van der Waals surface area contributed by atoms with E-state index in [9.17, 15) is 5.11 Å². The Labute approximate surface area is 148 Å². The molecule has 4 aliphatic carbocycles. The second-order valence-electron chi connectivity index (χ2n) is 9.72. The fourth-order valence-electron chi connectivity index (χ4n) is 7.49. The first kappa shape index (κ1) is 17.1. The first-order valence-corrected chi connectivity index (χ1v) is 10.6. The number of hydrogen-bond donors (Lipinski definition) is 2. The van der Waals surface area contributed by atoms with Gasteiger partial charge in [0.15, 0.2) is 0 Å². The van der Waals surface area contributed by atoms with E-state index in [1.54, 1.807) is 5.57 Å². The van der Waals surface area contributed by atoms with Crippen LogP contribution in [0.15, 0.2) is 11.6 Å². The summed E-state index contributed by atoms with van der Waals surface area (Å²) in [5.74, 6) is 2.56. The summed E-state index contributed by atoms with van der Waals surface area (Å²) < 4.78 is 0. The minimum Gasteiger partial charge on any atom is -0.393 e. The smallest absolute Gasteiger partial charge is 0.0577 e. The molecule has 4 aliphatic rings. The van der Waals surface area contributed by atoms with Gasteiger partial charge >= 0.3 is 0 Å². The second kappa shape index (κ2) is 6.13. The zero-order valence-electron chi connectivity index (χ0n) is 15.8. The quantitative estimate of drug-likeness (QED) is 0.729. The minimum absolute atomic E-state index is 0.0898. The predicted octanol–water partition coefficient (Wildman–Crippen LogP) is 4.81. The maximum Gasteiger partial charge on any atom is 0.0577 e. The maximum atomic E-state index is 10.1. The SMILES string of the molecule is CCCC[C@]12CC[C@H]3[C@@H](CC=C4C[C@@H](O)CC[C@@]43C)[C@@H]1CC[C@@H]2N. The Kier molecular flexibility index (Phi) is 4.36. The van der Waals surface area contributed by atoms with Crippen molar-refractivity contribution in [2.75, 3.05) is 0 Å². The van der Waals surface area contributed by atoms with Crippen LogP contribution >= 0.6 is 0 Å². The summed E-state index contributed by atoms with van der Waals surface area (Å²) in [5.41, 5.74) is 9.13. The summed E-state index contributed by atoms with van der Waals surface area (Å²) in [6.07, 6.45) is 16.2. The molecule has 2 heteroatoms. The summed E-state index contributed by atoms with van der Waals surface area (Å²) in [6, 6.07) is 0.446. The first-order valence-electron chi connectivity index (χ1n) is 10.6. The van der Waals surface area contributed by atoms with Gasteiger partial charge in [-0.25, -0.2) is 0 Å². The molecule has 3 fully saturated rings. The van der Waals surface area contributed by atoms with Crippen LogP contribution in [0.25, 0.3) is 0 Å². The lowest BCUT2D eigenvalue weighted by Gasteiger charge is -2.58. The molecule has 24 heavy (non-hydrogen) atoms. The molecule has 0 saturated heterocycles. The zero-order valence-corrected chi connectivity index (χ0v) is 15.8. The Bertz CT molecular complexity index is 514. The molecular weight excluding hydrogens is 294 g/mol. The fraction of sp³-hybridized carbons (Fsp3) is 0.909. The summed E-state index contributed by atoms with van der Waals surface area (Å²) in [7, 11) is 0. The standard InChI is InChI=1S/C22H37NO/c1-3-4-11-22-13-10-18-17(19(22)7-8-20(22)23)6-5-15-14-16(24)9-12-21(15,18)2/h5,16-20,24H,3-4,6-14,23H2,1-2H3/t16-,17+,18-,19-,20-,21-,22-/m0/s1. The normalized spacial score (nSPS) is 50.7. The highest BCUT2D eigenvalue weighted by atomic mass is 16.3. The van der Waals surface area contributed by atoms with E-state index in [0.29, 0.717) is 16.9 Å². The molecule has 0 aliphatic heterocycles. The van der Waals surface area contributed by atoms with Crippen LogP contribution in [-0.2, 0) is 0 Å². The van der Waals surface area contributed by atoms with Crippen LogP contribution in [-0.4, -0.2) is 17.3 Å². The Morgan fingerprint density at radius 2 is 2.00 bits per heavy atom. The highest BCUT2D eigenvalue weighted by molar-refractivity contribution is 5.25. The van der Waals surface area contributed by atoms with Crippen molar-refractivity contribution < 1.29 is 5.11 Å². The van der Waals surface area contributed by atoms with E-state index >= 15 is 0 Å². The molecule has 0 aromatic carbocycles. The Hall–Kier alpha value is -0.340. The van der Waals surface area contributed by atoms with Gasteiger partial charge in [0.1, 0.15) is 0 Å². The lowest BCUT2D eigenvalue weighted by atomic mass is 9.47. The number of fused-ring (bicyclic) bond motifs is 5. The van der Waals surface area contributed by atoms with E-state index < -0.39 is 0 Å². The van der Waals surface area contributed by atoms with Gasteiger partial charge in [-0.3, -0.25) is 0 Å². The van der Waals surface area contributed by atoms with Crippen LogP contribution in [0, 0.1) is 28.6 Å². The van der Waals surface area contributed by atoms with Gasteiger partial charge in [-0.2, -0.15) is 0 Å². The molecule has 0 heterocycles. The third-order valence-corrected chi connectivity index (χ3v) is 8.86. The van der Waals surface area contributed by atoms with Crippen LogP contribution in [0.2, 0.25) is 0 Å². The summed E-state index contributed by atoms with van der Waals surface area (Å²) in [5, 5.41) is 10.1. The molecule has 2 nitrogen and oxygen atoms in total. The minimum atomic E-state index is -0.0898. The Morgan fingerprint density at radius 3 is 2.79 bits per heavy atom. The first-order chi connectivity index (χ1) is 11.5. The van der Waals surface area contributed by atoms with Gasteiger partial charge in [0, 0.05) is 6.04 Å². The Balaban J connectivity index is 1.64. The molecular formula is C22H37NO. The van der Waals surface area contributed by atoms with Gasteiger partial charge in [-0.05, 0) is 86.4 Å². The third kappa shape index (κ3) is 2.35. The van der Waals surface area contributed by atoms with E-state index in [2.05, 4.69) is 19.9 Å². The number of hydrogen-bond acceptors (Lipinski definition) is 2. The van der Waals surface area contributed by atoms with Gasteiger partial charge in [-0.15, -0.1) is 0 Å².